The van der Waals surface area contributed by atoms with Crippen LogP contribution in [0.15, 0.2) is 34.8 Å². The Labute approximate surface area is 173 Å². The summed E-state index contributed by atoms with van der Waals surface area (Å²) in [6, 6.07) is 7.07. The number of rotatable bonds is 6. The second-order valence-corrected chi connectivity index (χ2v) is 8.91. The maximum absolute atomic E-state index is 12.4. The molecular weight excluding hydrogens is 435 g/mol. The molecule has 0 saturated heterocycles. The minimum absolute atomic E-state index is 0.259. The van der Waals surface area contributed by atoms with Crippen LogP contribution in [0.2, 0.25) is 15.1 Å². The van der Waals surface area contributed by atoms with Crippen LogP contribution in [0.4, 0.5) is 5.69 Å². The van der Waals surface area contributed by atoms with Crippen LogP contribution in [0.1, 0.15) is 17.6 Å². The molecule has 10 heteroatoms. The summed E-state index contributed by atoms with van der Waals surface area (Å²) < 4.78 is 0. The molecule has 1 unspecified atom stereocenters. The zero-order chi connectivity index (χ0) is 18.7. The number of carbonyl (C=O) groups excluding carboxylic acids is 1. The molecule has 0 fully saturated rings. The van der Waals surface area contributed by atoms with Crippen molar-refractivity contribution in [1.82, 2.24) is 15.2 Å². The van der Waals surface area contributed by atoms with E-state index < -0.39 is 5.25 Å². The predicted octanol–water partition coefficient (Wildman–Crippen LogP) is 5.54. The van der Waals surface area contributed by atoms with Crippen molar-refractivity contribution >= 4 is 69.5 Å². The first-order chi connectivity index (χ1) is 12.4. The first-order valence-corrected chi connectivity index (χ1v) is 10.4. The lowest BCUT2D eigenvalue weighted by molar-refractivity contribution is -0.115. The SMILES string of the molecule is CC(Sc1n[nH]c(Cc2cccs2)n1)C(=O)Nc1c(Cl)cc(Cl)cc1Cl. The van der Waals surface area contributed by atoms with E-state index in [1.807, 2.05) is 17.5 Å². The van der Waals surface area contributed by atoms with E-state index in [1.165, 1.54) is 28.8 Å². The number of amides is 1. The van der Waals surface area contributed by atoms with Crippen LogP contribution in [0.5, 0.6) is 0 Å². The first kappa shape index (κ1) is 19.5. The number of halogens is 3. The van der Waals surface area contributed by atoms with Crippen LogP contribution in [-0.4, -0.2) is 26.3 Å². The number of nitrogens with zero attached hydrogens (tertiary/aromatic N) is 2. The summed E-state index contributed by atoms with van der Waals surface area (Å²) in [5.41, 5.74) is 0.337. The van der Waals surface area contributed by atoms with Crippen molar-refractivity contribution in [2.75, 3.05) is 5.32 Å². The van der Waals surface area contributed by atoms with Crippen LogP contribution in [-0.2, 0) is 11.2 Å². The number of thioether (sulfide) groups is 1. The Morgan fingerprint density at radius 2 is 2.08 bits per heavy atom. The van der Waals surface area contributed by atoms with Gasteiger partial charge in [-0.15, -0.1) is 16.4 Å². The zero-order valence-electron chi connectivity index (χ0n) is 13.4. The average Bonchev–Trinajstić information content (AvgIpc) is 3.23. The van der Waals surface area contributed by atoms with Crippen molar-refractivity contribution in [3.8, 4) is 0 Å². The van der Waals surface area contributed by atoms with Gasteiger partial charge in [0.2, 0.25) is 11.1 Å². The molecule has 26 heavy (non-hydrogen) atoms. The Balaban J connectivity index is 1.62. The van der Waals surface area contributed by atoms with Gasteiger partial charge in [-0.25, -0.2) is 4.98 Å². The maximum atomic E-state index is 12.4. The number of aromatic amines is 1. The molecule has 3 aromatic rings. The number of anilines is 1. The van der Waals surface area contributed by atoms with Crippen LogP contribution in [0, 0.1) is 0 Å². The molecule has 0 aliphatic carbocycles. The number of benzene rings is 1. The van der Waals surface area contributed by atoms with E-state index in [-0.39, 0.29) is 16.0 Å². The molecule has 1 atom stereocenters. The zero-order valence-corrected chi connectivity index (χ0v) is 17.3. The molecule has 1 amide bonds. The largest absolute Gasteiger partial charge is 0.323 e. The molecule has 0 bridgehead atoms. The van der Waals surface area contributed by atoms with Gasteiger partial charge in [-0.1, -0.05) is 52.6 Å². The average molecular weight is 448 g/mol. The first-order valence-electron chi connectivity index (χ1n) is 7.48. The van der Waals surface area contributed by atoms with Crippen LogP contribution in [0.3, 0.4) is 0 Å². The van der Waals surface area contributed by atoms with Crippen molar-refractivity contribution in [1.29, 1.82) is 0 Å². The van der Waals surface area contributed by atoms with Crippen molar-refractivity contribution in [3.05, 3.63) is 55.4 Å². The third-order valence-electron chi connectivity index (χ3n) is 3.34. The van der Waals surface area contributed by atoms with Gasteiger partial charge in [-0.05, 0) is 30.5 Å². The number of thiophene rings is 1. The van der Waals surface area contributed by atoms with Gasteiger partial charge in [0.25, 0.3) is 0 Å². The Hall–Kier alpha value is -1.25. The van der Waals surface area contributed by atoms with Gasteiger partial charge in [0.05, 0.1) is 21.0 Å². The second-order valence-electron chi connectivity index (χ2n) is 5.31. The molecule has 0 spiro atoms. The molecule has 2 aromatic heterocycles. The lowest BCUT2D eigenvalue weighted by atomic mass is 10.3. The van der Waals surface area contributed by atoms with E-state index in [9.17, 15) is 4.79 Å². The molecule has 3 rings (SSSR count). The summed E-state index contributed by atoms with van der Waals surface area (Å²) in [7, 11) is 0. The molecule has 5 nitrogen and oxygen atoms in total. The monoisotopic (exact) mass is 446 g/mol. The quantitative estimate of drug-likeness (QED) is 0.487. The van der Waals surface area contributed by atoms with E-state index in [4.69, 9.17) is 34.8 Å². The van der Waals surface area contributed by atoms with Crippen LogP contribution in [0.25, 0.3) is 0 Å². The molecule has 2 N–H and O–H groups in total. The third kappa shape index (κ3) is 4.92. The minimum atomic E-state index is -0.441. The Bertz CT molecular complexity index is 891. The van der Waals surface area contributed by atoms with Crippen LogP contribution < -0.4 is 5.32 Å². The number of nitrogens with one attached hydrogen (secondary N) is 2. The molecule has 2 heterocycles. The fourth-order valence-electron chi connectivity index (χ4n) is 2.09. The van der Waals surface area contributed by atoms with Crippen molar-refractivity contribution in [3.63, 3.8) is 0 Å². The lowest BCUT2D eigenvalue weighted by Gasteiger charge is -2.13. The fraction of sp³-hybridized carbons (Fsp3) is 0.188. The van der Waals surface area contributed by atoms with Gasteiger partial charge in [-0.3, -0.25) is 9.89 Å². The van der Waals surface area contributed by atoms with E-state index >= 15 is 0 Å². The summed E-state index contributed by atoms with van der Waals surface area (Å²) in [4.78, 5) is 18.0. The lowest BCUT2D eigenvalue weighted by Crippen LogP contribution is -2.23. The van der Waals surface area contributed by atoms with Gasteiger partial charge in [0.1, 0.15) is 5.82 Å². The Morgan fingerprint density at radius 1 is 1.35 bits per heavy atom. The Kier molecular flexibility index (Phi) is 6.47. The fourth-order valence-corrected chi connectivity index (χ4v) is 4.45. The van der Waals surface area contributed by atoms with Crippen LogP contribution >= 0.6 is 57.9 Å². The maximum Gasteiger partial charge on any atom is 0.237 e. The van der Waals surface area contributed by atoms with E-state index in [2.05, 4.69) is 20.5 Å². The summed E-state index contributed by atoms with van der Waals surface area (Å²) in [5, 5.41) is 12.8. The van der Waals surface area contributed by atoms with E-state index in [0.717, 1.165) is 5.82 Å². The second kappa shape index (κ2) is 8.63. The van der Waals surface area contributed by atoms with E-state index in [1.54, 1.807) is 18.3 Å². The molecular formula is C16H13Cl3N4OS2. The highest BCUT2D eigenvalue weighted by atomic mass is 35.5. The van der Waals surface area contributed by atoms with Crippen molar-refractivity contribution in [2.24, 2.45) is 0 Å². The number of H-pyrrole nitrogens is 1. The van der Waals surface area contributed by atoms with Crippen molar-refractivity contribution < 1.29 is 4.79 Å². The molecule has 0 saturated carbocycles. The number of hydrogen-bond donors (Lipinski definition) is 2. The highest BCUT2D eigenvalue weighted by molar-refractivity contribution is 8.00. The molecule has 1 aromatic carbocycles. The van der Waals surface area contributed by atoms with Gasteiger partial charge in [-0.2, -0.15) is 0 Å². The van der Waals surface area contributed by atoms with E-state index in [0.29, 0.717) is 22.3 Å². The van der Waals surface area contributed by atoms with Gasteiger partial charge >= 0.3 is 0 Å². The van der Waals surface area contributed by atoms with Crippen molar-refractivity contribution in [2.45, 2.75) is 23.8 Å². The molecule has 0 aliphatic rings. The summed E-state index contributed by atoms with van der Waals surface area (Å²) in [6.45, 7) is 1.76. The number of carbonyl (C=O) groups is 1. The normalized spacial score (nSPS) is 12.2. The summed E-state index contributed by atoms with van der Waals surface area (Å²) in [6.07, 6.45) is 0.682. The molecule has 136 valence electrons. The topological polar surface area (TPSA) is 70.7 Å². The summed E-state index contributed by atoms with van der Waals surface area (Å²) >= 11 is 21.0. The number of hydrogen-bond acceptors (Lipinski definition) is 5. The highest BCUT2D eigenvalue weighted by Gasteiger charge is 2.20. The smallest absolute Gasteiger partial charge is 0.237 e. The molecule has 0 aliphatic heterocycles. The minimum Gasteiger partial charge on any atom is -0.323 e. The molecule has 0 radical (unpaired) electrons. The Morgan fingerprint density at radius 3 is 2.73 bits per heavy atom. The van der Waals surface area contributed by atoms with Gasteiger partial charge in [0.15, 0.2) is 0 Å². The number of aromatic nitrogens is 3. The predicted molar refractivity (Wildman–Crippen MR) is 109 cm³/mol. The van der Waals surface area contributed by atoms with Gasteiger partial charge in [0, 0.05) is 16.3 Å². The highest BCUT2D eigenvalue weighted by Crippen LogP contribution is 2.34. The summed E-state index contributed by atoms with van der Waals surface area (Å²) in [5.74, 6) is 0.497. The standard InChI is InChI=1S/C16H13Cl3N4OS2/c1-8(15(24)21-14-11(18)5-9(17)6-12(14)19)26-16-20-13(22-23-16)7-10-3-2-4-25-10/h2-6,8H,7H2,1H3,(H,21,24)(H,20,22,23). The van der Waals surface area contributed by atoms with Gasteiger partial charge < -0.3 is 5.32 Å². The third-order valence-corrected chi connectivity index (χ3v) is 5.99.